The highest BCUT2D eigenvalue weighted by Gasteiger charge is 1.96. The Balaban J connectivity index is 3.01. The van der Waals surface area contributed by atoms with E-state index in [0.29, 0.717) is 0 Å². The van der Waals surface area contributed by atoms with E-state index >= 15 is 0 Å². The lowest BCUT2D eigenvalue weighted by molar-refractivity contribution is 0.475. The van der Waals surface area contributed by atoms with Crippen LogP contribution in [0, 0.1) is 0 Å². The normalized spacial score (nSPS) is 9.78. The third-order valence-electron chi connectivity index (χ3n) is 0.985. The minimum absolute atomic E-state index is 0.206. The first kappa shape index (κ1) is 6.24. The monoisotopic (exact) mass is 141 g/mol. The molecule has 1 aromatic rings. The molecule has 1 aromatic carbocycles. The molecule has 1 N–H and O–H groups in total. The van der Waals surface area contributed by atoms with Crippen molar-refractivity contribution in [2.45, 2.75) is 0 Å². The Hall–Kier alpha value is -0.880. The molecule has 0 bridgehead atoms. The Morgan fingerprint density at radius 1 is 1.22 bits per heavy atom. The van der Waals surface area contributed by atoms with Crippen LogP contribution in [0.15, 0.2) is 24.3 Å². The van der Waals surface area contributed by atoms with E-state index in [1.54, 1.807) is 12.1 Å². The van der Waals surface area contributed by atoms with Gasteiger partial charge in [-0.15, -0.1) is 0 Å². The highest BCUT2D eigenvalue weighted by atomic mass is 31.1. The summed E-state index contributed by atoms with van der Waals surface area (Å²) in [5.74, 6) is 0.206. The van der Waals surface area contributed by atoms with Crippen LogP contribution in [0.4, 0.5) is 0 Å². The van der Waals surface area contributed by atoms with Gasteiger partial charge in [0.05, 0.1) is 0 Å². The lowest BCUT2D eigenvalue weighted by atomic mass is 10.3. The van der Waals surface area contributed by atoms with E-state index in [0.717, 1.165) is 5.30 Å². The molecule has 1 atom stereocenters. The predicted molar refractivity (Wildman–Crippen MR) is 36.7 cm³/mol. The van der Waals surface area contributed by atoms with Crippen LogP contribution in [0.25, 0.3) is 0 Å². The van der Waals surface area contributed by atoms with E-state index in [9.17, 15) is 4.57 Å². The maximum Gasteiger partial charge on any atom is 0.363 e. The summed E-state index contributed by atoms with van der Waals surface area (Å²) in [6, 6.07) is 6.28. The summed E-state index contributed by atoms with van der Waals surface area (Å²) in [5, 5.41) is 9.48. The molecule has 0 aliphatic heterocycles. The van der Waals surface area contributed by atoms with Crippen molar-refractivity contribution in [1.29, 1.82) is 0 Å². The molecular weight excluding hydrogens is 135 g/mol. The Morgan fingerprint density at radius 2 is 1.78 bits per heavy atom. The summed E-state index contributed by atoms with van der Waals surface area (Å²) < 4.78 is 10.2. The van der Waals surface area contributed by atoms with Crippen LogP contribution in [-0.4, -0.2) is 5.11 Å². The predicted octanol–water partition coefficient (Wildman–Crippen LogP) is 1.04. The molecule has 3 heteroatoms. The van der Waals surface area contributed by atoms with Crippen molar-refractivity contribution in [3.63, 3.8) is 0 Å². The van der Waals surface area contributed by atoms with Gasteiger partial charge in [-0.1, -0.05) is 4.57 Å². The van der Waals surface area contributed by atoms with Crippen LogP contribution in [0.5, 0.6) is 5.75 Å². The molecule has 0 amide bonds. The number of phenolic OH excluding ortho intramolecular Hbond substituents is 1. The average Bonchev–Trinajstić information content (AvgIpc) is 1.90. The summed E-state index contributed by atoms with van der Waals surface area (Å²) in [5.41, 5.74) is 0. The van der Waals surface area contributed by atoms with Gasteiger partial charge in [0.25, 0.3) is 0 Å². The van der Waals surface area contributed by atoms with Crippen molar-refractivity contribution in [2.24, 2.45) is 0 Å². The molecule has 0 aromatic heterocycles. The first-order chi connectivity index (χ1) is 4.33. The molecule has 0 aliphatic carbocycles. The zero-order valence-corrected chi connectivity index (χ0v) is 5.66. The number of rotatable bonds is 1. The van der Waals surface area contributed by atoms with Crippen molar-refractivity contribution in [2.75, 3.05) is 0 Å². The van der Waals surface area contributed by atoms with Crippen molar-refractivity contribution in [3.8, 4) is 5.75 Å². The van der Waals surface area contributed by atoms with Crippen LogP contribution >= 0.6 is 8.46 Å². The SMILES string of the molecule is O=[PH+]c1ccc(O)cc1. The number of phenols is 1. The minimum atomic E-state index is -0.435. The van der Waals surface area contributed by atoms with E-state index in [2.05, 4.69) is 0 Å². The average molecular weight is 141 g/mol. The zero-order valence-electron chi connectivity index (χ0n) is 4.66. The van der Waals surface area contributed by atoms with Gasteiger partial charge in [-0.2, -0.15) is 0 Å². The summed E-state index contributed by atoms with van der Waals surface area (Å²) >= 11 is 0. The van der Waals surface area contributed by atoms with E-state index < -0.39 is 8.46 Å². The second-order valence-electron chi connectivity index (χ2n) is 1.65. The van der Waals surface area contributed by atoms with Crippen LogP contribution in [-0.2, 0) is 4.57 Å². The third-order valence-corrected chi connectivity index (χ3v) is 1.55. The highest BCUT2D eigenvalue weighted by Crippen LogP contribution is 2.05. The van der Waals surface area contributed by atoms with Gasteiger partial charge < -0.3 is 5.11 Å². The number of hydrogen-bond acceptors (Lipinski definition) is 2. The van der Waals surface area contributed by atoms with Crippen molar-refractivity contribution in [1.82, 2.24) is 0 Å². The lowest BCUT2D eigenvalue weighted by Crippen LogP contribution is -1.85. The Morgan fingerprint density at radius 3 is 2.22 bits per heavy atom. The first-order valence-electron chi connectivity index (χ1n) is 2.50. The second-order valence-corrected chi connectivity index (χ2v) is 2.43. The lowest BCUT2D eigenvalue weighted by Gasteiger charge is -1.83. The summed E-state index contributed by atoms with van der Waals surface area (Å²) in [4.78, 5) is 0. The molecule has 1 rings (SSSR count). The summed E-state index contributed by atoms with van der Waals surface area (Å²) in [6.45, 7) is 0. The number of hydrogen-bond donors (Lipinski definition) is 1. The van der Waals surface area contributed by atoms with Crippen LogP contribution < -0.4 is 5.30 Å². The standard InChI is InChI=1S/C6H5O2P/c7-5-1-3-6(9-8)4-2-5/h1-4,7H/p+1. The fourth-order valence-electron chi connectivity index (χ4n) is 0.529. The van der Waals surface area contributed by atoms with Gasteiger partial charge in [0, 0.05) is 0 Å². The molecule has 46 valence electrons. The molecule has 0 radical (unpaired) electrons. The molecule has 0 spiro atoms. The smallest absolute Gasteiger partial charge is 0.363 e. The molecule has 2 nitrogen and oxygen atoms in total. The third kappa shape index (κ3) is 1.51. The van der Waals surface area contributed by atoms with Gasteiger partial charge >= 0.3 is 8.46 Å². The summed E-state index contributed by atoms with van der Waals surface area (Å²) in [6.07, 6.45) is 0. The maximum atomic E-state index is 10.2. The highest BCUT2D eigenvalue weighted by molar-refractivity contribution is 7.34. The molecule has 0 saturated heterocycles. The Labute approximate surface area is 54.3 Å². The second kappa shape index (κ2) is 2.60. The molecule has 0 aliphatic rings. The molecule has 0 saturated carbocycles. The van der Waals surface area contributed by atoms with Gasteiger partial charge in [0.1, 0.15) is 5.75 Å². The molecule has 1 unspecified atom stereocenters. The van der Waals surface area contributed by atoms with Gasteiger partial charge in [0.15, 0.2) is 5.30 Å². The Bertz CT molecular complexity index is 205. The van der Waals surface area contributed by atoms with Crippen molar-refractivity contribution in [3.05, 3.63) is 24.3 Å². The fourth-order valence-corrected chi connectivity index (χ4v) is 0.832. The summed E-state index contributed by atoms with van der Waals surface area (Å²) in [7, 11) is -0.435. The van der Waals surface area contributed by atoms with Crippen LogP contribution in [0.2, 0.25) is 0 Å². The van der Waals surface area contributed by atoms with Crippen LogP contribution in [0.1, 0.15) is 0 Å². The van der Waals surface area contributed by atoms with E-state index in [-0.39, 0.29) is 5.75 Å². The maximum absolute atomic E-state index is 10.2. The zero-order chi connectivity index (χ0) is 6.69. The van der Waals surface area contributed by atoms with E-state index in [1.807, 2.05) is 0 Å². The van der Waals surface area contributed by atoms with Crippen molar-refractivity contribution < 1.29 is 9.67 Å². The molecule has 9 heavy (non-hydrogen) atoms. The molecule has 0 heterocycles. The molecule has 0 fully saturated rings. The molecular formula is C6H6O2P+. The minimum Gasteiger partial charge on any atom is -0.508 e. The largest absolute Gasteiger partial charge is 0.508 e. The van der Waals surface area contributed by atoms with Gasteiger partial charge in [-0.25, -0.2) is 0 Å². The Kier molecular flexibility index (Phi) is 1.81. The topological polar surface area (TPSA) is 37.3 Å². The van der Waals surface area contributed by atoms with Gasteiger partial charge in [0.2, 0.25) is 0 Å². The quantitative estimate of drug-likeness (QED) is 0.593. The van der Waals surface area contributed by atoms with Gasteiger partial charge in [-0.05, 0) is 24.3 Å². The first-order valence-corrected chi connectivity index (χ1v) is 3.41. The number of aromatic hydroxyl groups is 1. The van der Waals surface area contributed by atoms with Gasteiger partial charge in [-0.3, -0.25) is 0 Å². The van der Waals surface area contributed by atoms with Crippen LogP contribution in [0.3, 0.4) is 0 Å². The number of benzene rings is 1. The van der Waals surface area contributed by atoms with E-state index in [1.165, 1.54) is 12.1 Å². The fraction of sp³-hybridized carbons (Fsp3) is 0. The van der Waals surface area contributed by atoms with Crippen molar-refractivity contribution >= 4 is 13.8 Å². The van der Waals surface area contributed by atoms with E-state index in [4.69, 9.17) is 5.11 Å².